The summed E-state index contributed by atoms with van der Waals surface area (Å²) in [5.41, 5.74) is 5.14. The molecule has 14 heavy (non-hydrogen) atoms. The second-order valence-corrected chi connectivity index (χ2v) is 3.94. The summed E-state index contributed by atoms with van der Waals surface area (Å²) in [5, 5.41) is 1.82. The standard InChI is InChI=1S/C11H9NOS/c12-11(13)14-10-7-3-5-8-4-1-2-6-9(8)10/h1-7H,(H2,12,13). The molecule has 0 atom stereocenters. The third kappa shape index (κ3) is 1.72. The minimum absolute atomic E-state index is 0.374. The number of hydrogen-bond donors (Lipinski definition) is 1. The van der Waals surface area contributed by atoms with Crippen LogP contribution in [0.3, 0.4) is 0 Å². The fourth-order valence-electron chi connectivity index (χ4n) is 1.39. The Morgan fingerprint density at radius 1 is 1.07 bits per heavy atom. The Morgan fingerprint density at radius 3 is 2.57 bits per heavy atom. The first-order chi connectivity index (χ1) is 6.77. The Hall–Kier alpha value is -1.48. The van der Waals surface area contributed by atoms with Crippen LogP contribution in [-0.4, -0.2) is 5.24 Å². The highest BCUT2D eigenvalue weighted by Crippen LogP contribution is 2.27. The van der Waals surface area contributed by atoms with Gasteiger partial charge in [0, 0.05) is 4.90 Å². The van der Waals surface area contributed by atoms with Crippen LogP contribution >= 0.6 is 11.8 Å². The van der Waals surface area contributed by atoms with Crippen LogP contribution in [0.1, 0.15) is 0 Å². The third-order valence-electron chi connectivity index (χ3n) is 1.96. The van der Waals surface area contributed by atoms with Gasteiger partial charge < -0.3 is 5.73 Å². The van der Waals surface area contributed by atoms with Gasteiger partial charge in [0.15, 0.2) is 0 Å². The average Bonchev–Trinajstić information content (AvgIpc) is 2.18. The number of carbonyl (C=O) groups is 1. The van der Waals surface area contributed by atoms with Crippen molar-refractivity contribution >= 4 is 27.8 Å². The molecule has 2 nitrogen and oxygen atoms in total. The highest BCUT2D eigenvalue weighted by molar-refractivity contribution is 8.13. The van der Waals surface area contributed by atoms with Crippen molar-refractivity contribution in [2.45, 2.75) is 4.90 Å². The van der Waals surface area contributed by atoms with E-state index in [4.69, 9.17) is 5.73 Å². The number of amides is 1. The second kappa shape index (κ2) is 3.72. The molecule has 0 aliphatic rings. The molecule has 0 spiro atoms. The molecule has 0 aliphatic carbocycles. The molecule has 2 N–H and O–H groups in total. The zero-order chi connectivity index (χ0) is 9.97. The summed E-state index contributed by atoms with van der Waals surface area (Å²) >= 11 is 1.07. The molecule has 0 aromatic heterocycles. The minimum Gasteiger partial charge on any atom is -0.360 e. The van der Waals surface area contributed by atoms with Crippen LogP contribution in [0.5, 0.6) is 0 Å². The predicted octanol–water partition coefficient (Wildman–Crippen LogP) is 3.01. The fourth-order valence-corrected chi connectivity index (χ4v) is 2.05. The summed E-state index contributed by atoms with van der Waals surface area (Å²) in [6, 6.07) is 13.8. The Kier molecular flexibility index (Phi) is 2.41. The van der Waals surface area contributed by atoms with E-state index < -0.39 is 0 Å². The van der Waals surface area contributed by atoms with Gasteiger partial charge in [-0.2, -0.15) is 0 Å². The zero-order valence-corrected chi connectivity index (χ0v) is 8.25. The first-order valence-corrected chi connectivity index (χ1v) is 5.04. The molecule has 0 saturated carbocycles. The molecule has 0 fully saturated rings. The van der Waals surface area contributed by atoms with E-state index in [0.29, 0.717) is 0 Å². The maximum atomic E-state index is 10.8. The molecule has 0 unspecified atom stereocenters. The number of nitrogens with two attached hydrogens (primary N) is 1. The highest BCUT2D eigenvalue weighted by atomic mass is 32.2. The van der Waals surface area contributed by atoms with Gasteiger partial charge in [-0.15, -0.1) is 0 Å². The van der Waals surface area contributed by atoms with E-state index in [-0.39, 0.29) is 5.24 Å². The number of hydrogen-bond acceptors (Lipinski definition) is 2. The summed E-state index contributed by atoms with van der Waals surface area (Å²) < 4.78 is 0. The number of rotatable bonds is 1. The second-order valence-electron chi connectivity index (χ2n) is 2.90. The van der Waals surface area contributed by atoms with E-state index in [9.17, 15) is 4.79 Å². The van der Waals surface area contributed by atoms with Crippen molar-refractivity contribution in [1.82, 2.24) is 0 Å². The zero-order valence-electron chi connectivity index (χ0n) is 7.44. The summed E-state index contributed by atoms with van der Waals surface area (Å²) in [7, 11) is 0. The SMILES string of the molecule is NC(=O)Sc1cccc2ccccc12. The smallest absolute Gasteiger partial charge is 0.281 e. The molecule has 3 heteroatoms. The van der Waals surface area contributed by atoms with Crippen LogP contribution in [0.2, 0.25) is 0 Å². The summed E-state index contributed by atoms with van der Waals surface area (Å²) in [6.07, 6.45) is 0. The Balaban J connectivity index is 2.59. The van der Waals surface area contributed by atoms with E-state index in [1.165, 1.54) is 0 Å². The van der Waals surface area contributed by atoms with Gasteiger partial charge in [0.05, 0.1) is 0 Å². The van der Waals surface area contributed by atoms with Gasteiger partial charge in [-0.3, -0.25) is 4.79 Å². The molecule has 0 saturated heterocycles. The summed E-state index contributed by atoms with van der Waals surface area (Å²) in [5.74, 6) is 0. The van der Waals surface area contributed by atoms with Crippen LogP contribution in [0.25, 0.3) is 10.8 Å². The lowest BCUT2D eigenvalue weighted by Gasteiger charge is -2.02. The first kappa shape index (κ1) is 9.09. The van der Waals surface area contributed by atoms with E-state index in [2.05, 4.69) is 0 Å². The number of benzene rings is 2. The maximum Gasteiger partial charge on any atom is 0.281 e. The van der Waals surface area contributed by atoms with Crippen molar-refractivity contribution in [3.63, 3.8) is 0 Å². The molecular weight excluding hydrogens is 194 g/mol. The van der Waals surface area contributed by atoms with Crippen LogP contribution in [0, 0.1) is 0 Å². The first-order valence-electron chi connectivity index (χ1n) is 4.22. The summed E-state index contributed by atoms with van der Waals surface area (Å²) in [4.78, 5) is 11.7. The van der Waals surface area contributed by atoms with E-state index in [1.807, 2.05) is 42.5 Å². The molecule has 0 radical (unpaired) electrons. The Morgan fingerprint density at radius 2 is 1.79 bits per heavy atom. The van der Waals surface area contributed by atoms with Crippen LogP contribution < -0.4 is 5.73 Å². The molecule has 2 rings (SSSR count). The number of fused-ring (bicyclic) bond motifs is 1. The number of primary amides is 1. The maximum absolute atomic E-state index is 10.8. The van der Waals surface area contributed by atoms with Crippen molar-refractivity contribution in [3.05, 3.63) is 42.5 Å². The van der Waals surface area contributed by atoms with Gasteiger partial charge in [-0.1, -0.05) is 36.4 Å². The minimum atomic E-state index is -0.374. The van der Waals surface area contributed by atoms with Gasteiger partial charge >= 0.3 is 0 Å². The van der Waals surface area contributed by atoms with Gasteiger partial charge in [-0.25, -0.2) is 0 Å². The predicted molar refractivity (Wildman–Crippen MR) is 59.4 cm³/mol. The number of carbonyl (C=O) groups excluding carboxylic acids is 1. The van der Waals surface area contributed by atoms with E-state index in [0.717, 1.165) is 27.4 Å². The van der Waals surface area contributed by atoms with E-state index >= 15 is 0 Å². The largest absolute Gasteiger partial charge is 0.360 e. The molecule has 70 valence electrons. The average molecular weight is 203 g/mol. The lowest BCUT2D eigenvalue weighted by molar-refractivity contribution is 0.267. The summed E-state index contributed by atoms with van der Waals surface area (Å²) in [6.45, 7) is 0. The lowest BCUT2D eigenvalue weighted by atomic mass is 10.1. The van der Waals surface area contributed by atoms with Gasteiger partial charge in [0.1, 0.15) is 0 Å². The van der Waals surface area contributed by atoms with Crippen LogP contribution in [-0.2, 0) is 0 Å². The topological polar surface area (TPSA) is 43.1 Å². The van der Waals surface area contributed by atoms with Crippen LogP contribution in [0.4, 0.5) is 4.79 Å². The van der Waals surface area contributed by atoms with Crippen LogP contribution in [0.15, 0.2) is 47.4 Å². The van der Waals surface area contributed by atoms with Crippen molar-refractivity contribution in [2.75, 3.05) is 0 Å². The van der Waals surface area contributed by atoms with Gasteiger partial charge in [0.25, 0.3) is 5.24 Å². The molecule has 1 amide bonds. The fraction of sp³-hybridized carbons (Fsp3) is 0. The molecule has 0 aliphatic heterocycles. The van der Waals surface area contributed by atoms with Gasteiger partial charge in [-0.05, 0) is 28.6 Å². The quantitative estimate of drug-likeness (QED) is 0.724. The van der Waals surface area contributed by atoms with Crippen molar-refractivity contribution in [2.24, 2.45) is 5.73 Å². The molecule has 2 aromatic carbocycles. The van der Waals surface area contributed by atoms with Crippen molar-refractivity contribution in [1.29, 1.82) is 0 Å². The number of thioether (sulfide) groups is 1. The monoisotopic (exact) mass is 203 g/mol. The Bertz CT molecular complexity index is 476. The highest BCUT2D eigenvalue weighted by Gasteiger charge is 2.03. The molecular formula is C11H9NOS. The van der Waals surface area contributed by atoms with Crippen molar-refractivity contribution < 1.29 is 4.79 Å². The Labute approximate surface area is 86.1 Å². The van der Waals surface area contributed by atoms with E-state index in [1.54, 1.807) is 0 Å². The van der Waals surface area contributed by atoms with Crippen molar-refractivity contribution in [3.8, 4) is 0 Å². The third-order valence-corrected chi connectivity index (χ3v) is 2.74. The lowest BCUT2D eigenvalue weighted by Crippen LogP contribution is -2.01. The normalized spacial score (nSPS) is 10.3. The van der Waals surface area contributed by atoms with Gasteiger partial charge in [0.2, 0.25) is 0 Å². The molecule has 0 heterocycles. The molecule has 2 aromatic rings. The molecule has 0 bridgehead atoms.